The third-order valence-corrected chi connectivity index (χ3v) is 3.29. The van der Waals surface area contributed by atoms with Gasteiger partial charge in [0, 0.05) is 19.1 Å². The van der Waals surface area contributed by atoms with Crippen LogP contribution in [0.3, 0.4) is 0 Å². The van der Waals surface area contributed by atoms with Crippen molar-refractivity contribution in [1.29, 1.82) is 0 Å². The molecule has 0 aromatic heterocycles. The Bertz CT molecular complexity index is 219. The second-order valence-corrected chi connectivity index (χ2v) is 4.31. The summed E-state index contributed by atoms with van der Waals surface area (Å²) < 4.78 is 0. The topological polar surface area (TPSA) is 46.3 Å². The first-order valence-electron chi connectivity index (χ1n) is 5.24. The van der Waals surface area contributed by atoms with Gasteiger partial charge >= 0.3 is 0 Å². The molecule has 0 radical (unpaired) electrons. The maximum atomic E-state index is 12.0. The van der Waals surface area contributed by atoms with Crippen LogP contribution in [0.1, 0.15) is 32.6 Å². The molecule has 0 aromatic rings. The summed E-state index contributed by atoms with van der Waals surface area (Å²) in [5.74, 6) is 0.319. The van der Waals surface area contributed by atoms with Gasteiger partial charge in [0.15, 0.2) is 0 Å². The molecule has 0 heterocycles. The first-order chi connectivity index (χ1) is 6.23. The largest absolute Gasteiger partial charge is 0.339 e. The lowest BCUT2D eigenvalue weighted by Gasteiger charge is -2.25. The Morgan fingerprint density at radius 1 is 1.54 bits per heavy atom. The number of amides is 1. The molecule has 13 heavy (non-hydrogen) atoms. The van der Waals surface area contributed by atoms with Crippen LogP contribution in [0, 0.1) is 5.41 Å². The van der Waals surface area contributed by atoms with Gasteiger partial charge in [0.2, 0.25) is 5.91 Å². The standard InChI is InChI=1S/C10H18N2O/c1-2-12(8-3-4-8)9(13)10(7-11)5-6-10/h8H,2-7,11H2,1H3. The van der Waals surface area contributed by atoms with Crippen molar-refractivity contribution >= 4 is 5.91 Å². The lowest BCUT2D eigenvalue weighted by molar-refractivity contribution is -0.137. The highest BCUT2D eigenvalue weighted by Gasteiger charge is 2.52. The van der Waals surface area contributed by atoms with Crippen LogP contribution >= 0.6 is 0 Å². The van der Waals surface area contributed by atoms with Gasteiger partial charge < -0.3 is 10.6 Å². The lowest BCUT2D eigenvalue weighted by atomic mass is 10.1. The molecule has 74 valence electrons. The molecule has 1 amide bonds. The normalized spacial score (nSPS) is 24.2. The fourth-order valence-corrected chi connectivity index (χ4v) is 1.91. The molecule has 0 saturated heterocycles. The van der Waals surface area contributed by atoms with Crippen LogP contribution in [-0.4, -0.2) is 29.9 Å². The zero-order valence-corrected chi connectivity index (χ0v) is 8.25. The lowest BCUT2D eigenvalue weighted by Crippen LogP contribution is -2.41. The van der Waals surface area contributed by atoms with E-state index in [0.29, 0.717) is 18.5 Å². The summed E-state index contributed by atoms with van der Waals surface area (Å²) in [5, 5.41) is 0. The fourth-order valence-electron chi connectivity index (χ4n) is 1.91. The molecule has 2 aliphatic carbocycles. The summed E-state index contributed by atoms with van der Waals surface area (Å²) in [6.07, 6.45) is 4.40. The Kier molecular flexibility index (Phi) is 2.06. The molecule has 2 saturated carbocycles. The van der Waals surface area contributed by atoms with E-state index in [1.165, 1.54) is 12.8 Å². The smallest absolute Gasteiger partial charge is 0.230 e. The molecule has 0 bridgehead atoms. The van der Waals surface area contributed by atoms with Crippen molar-refractivity contribution in [1.82, 2.24) is 4.90 Å². The highest BCUT2D eigenvalue weighted by molar-refractivity contribution is 5.86. The summed E-state index contributed by atoms with van der Waals surface area (Å²) >= 11 is 0. The van der Waals surface area contributed by atoms with Gasteiger partial charge in [-0.05, 0) is 32.6 Å². The maximum absolute atomic E-state index is 12.0. The van der Waals surface area contributed by atoms with E-state index in [-0.39, 0.29) is 5.41 Å². The first-order valence-corrected chi connectivity index (χ1v) is 5.24. The van der Waals surface area contributed by atoms with Gasteiger partial charge in [0.05, 0.1) is 5.41 Å². The van der Waals surface area contributed by atoms with Crippen molar-refractivity contribution in [2.75, 3.05) is 13.1 Å². The van der Waals surface area contributed by atoms with Crippen LogP contribution in [0.15, 0.2) is 0 Å². The average Bonchev–Trinajstić information content (AvgIpc) is 3.01. The van der Waals surface area contributed by atoms with Gasteiger partial charge in [-0.15, -0.1) is 0 Å². The third kappa shape index (κ3) is 1.46. The van der Waals surface area contributed by atoms with Crippen molar-refractivity contribution in [3.8, 4) is 0 Å². The van der Waals surface area contributed by atoms with Crippen LogP contribution in [0.4, 0.5) is 0 Å². The first kappa shape index (κ1) is 9.00. The van der Waals surface area contributed by atoms with Crippen LogP contribution in [0.25, 0.3) is 0 Å². The molecule has 2 aliphatic rings. The van der Waals surface area contributed by atoms with Gasteiger partial charge in [0.25, 0.3) is 0 Å². The van der Waals surface area contributed by atoms with E-state index < -0.39 is 0 Å². The molecular weight excluding hydrogens is 164 g/mol. The van der Waals surface area contributed by atoms with Crippen LogP contribution in [-0.2, 0) is 4.79 Å². The molecule has 3 nitrogen and oxygen atoms in total. The van der Waals surface area contributed by atoms with Gasteiger partial charge in [-0.2, -0.15) is 0 Å². The molecule has 0 aromatic carbocycles. The number of carbonyl (C=O) groups excluding carboxylic acids is 1. The second kappa shape index (κ2) is 2.98. The van der Waals surface area contributed by atoms with Gasteiger partial charge in [-0.1, -0.05) is 0 Å². The summed E-state index contributed by atoms with van der Waals surface area (Å²) in [7, 11) is 0. The molecule has 0 aliphatic heterocycles. The molecule has 0 atom stereocenters. The number of hydrogen-bond donors (Lipinski definition) is 1. The predicted octanol–water partition coefficient (Wildman–Crippen LogP) is 0.736. The van der Waals surface area contributed by atoms with E-state index in [1.807, 2.05) is 4.90 Å². The van der Waals surface area contributed by atoms with E-state index in [9.17, 15) is 4.79 Å². The average molecular weight is 182 g/mol. The van der Waals surface area contributed by atoms with E-state index in [0.717, 1.165) is 19.4 Å². The minimum atomic E-state index is -0.140. The predicted molar refractivity (Wildman–Crippen MR) is 51.1 cm³/mol. The Morgan fingerprint density at radius 2 is 2.15 bits per heavy atom. The Balaban J connectivity index is 2.01. The van der Waals surface area contributed by atoms with E-state index in [2.05, 4.69) is 6.92 Å². The number of nitrogens with two attached hydrogens (primary N) is 1. The second-order valence-electron chi connectivity index (χ2n) is 4.31. The van der Waals surface area contributed by atoms with E-state index in [1.54, 1.807) is 0 Å². The van der Waals surface area contributed by atoms with Gasteiger partial charge in [0.1, 0.15) is 0 Å². The van der Waals surface area contributed by atoms with Crippen molar-refractivity contribution in [3.63, 3.8) is 0 Å². The summed E-state index contributed by atoms with van der Waals surface area (Å²) in [4.78, 5) is 14.0. The Morgan fingerprint density at radius 3 is 2.46 bits per heavy atom. The van der Waals surface area contributed by atoms with Crippen LogP contribution < -0.4 is 5.73 Å². The Hall–Kier alpha value is -0.570. The third-order valence-electron chi connectivity index (χ3n) is 3.29. The van der Waals surface area contributed by atoms with Crippen molar-refractivity contribution in [2.24, 2.45) is 11.1 Å². The van der Waals surface area contributed by atoms with E-state index >= 15 is 0 Å². The maximum Gasteiger partial charge on any atom is 0.230 e. The Labute approximate surface area is 79.3 Å². The number of nitrogens with zero attached hydrogens (tertiary/aromatic N) is 1. The number of hydrogen-bond acceptors (Lipinski definition) is 2. The van der Waals surface area contributed by atoms with Gasteiger partial charge in [-0.25, -0.2) is 0 Å². The minimum Gasteiger partial charge on any atom is -0.339 e. The van der Waals surface area contributed by atoms with Crippen LogP contribution in [0.2, 0.25) is 0 Å². The molecule has 3 heteroatoms. The number of rotatable bonds is 4. The van der Waals surface area contributed by atoms with Gasteiger partial charge in [-0.3, -0.25) is 4.79 Å². The van der Waals surface area contributed by atoms with Crippen molar-refractivity contribution in [2.45, 2.75) is 38.6 Å². The summed E-state index contributed by atoms with van der Waals surface area (Å²) in [6.45, 7) is 3.45. The zero-order valence-electron chi connectivity index (χ0n) is 8.25. The SMILES string of the molecule is CCN(C(=O)C1(CN)CC1)C1CC1. The van der Waals surface area contributed by atoms with Crippen LogP contribution in [0.5, 0.6) is 0 Å². The summed E-state index contributed by atoms with van der Waals surface area (Å²) in [5.41, 5.74) is 5.49. The molecule has 0 spiro atoms. The summed E-state index contributed by atoms with van der Waals surface area (Å²) in [6, 6.07) is 0.543. The monoisotopic (exact) mass is 182 g/mol. The quantitative estimate of drug-likeness (QED) is 0.697. The zero-order chi connectivity index (χ0) is 9.47. The highest BCUT2D eigenvalue weighted by Crippen LogP contribution is 2.47. The van der Waals surface area contributed by atoms with E-state index in [4.69, 9.17) is 5.73 Å². The molecule has 2 N–H and O–H groups in total. The fraction of sp³-hybridized carbons (Fsp3) is 0.900. The van der Waals surface area contributed by atoms with Crippen molar-refractivity contribution < 1.29 is 4.79 Å². The highest BCUT2D eigenvalue weighted by atomic mass is 16.2. The molecular formula is C10H18N2O. The molecule has 2 fully saturated rings. The molecule has 2 rings (SSSR count). The molecule has 0 unspecified atom stereocenters. The minimum absolute atomic E-state index is 0.140. The van der Waals surface area contributed by atoms with Crippen molar-refractivity contribution in [3.05, 3.63) is 0 Å². The number of carbonyl (C=O) groups is 1.